The number of hydrogen-bond donors (Lipinski definition) is 5. The van der Waals surface area contributed by atoms with Gasteiger partial charge < -0.3 is 15.7 Å². The molecule has 3 unspecified atom stereocenters. The number of nitrogens with one attached hydrogen (secondary N) is 3. The summed E-state index contributed by atoms with van der Waals surface area (Å²) in [4.78, 5) is 35.4. The number of benzene rings is 1. The van der Waals surface area contributed by atoms with Crippen LogP contribution in [-0.4, -0.2) is 47.7 Å². The highest BCUT2D eigenvalue weighted by atomic mass is 16.5. The van der Waals surface area contributed by atoms with Crippen LogP contribution in [0.25, 0.3) is 0 Å². The Morgan fingerprint density at radius 1 is 1.19 bits per heavy atom. The predicted molar refractivity (Wildman–Crippen MR) is 96.5 cm³/mol. The summed E-state index contributed by atoms with van der Waals surface area (Å²) in [6.07, 6.45) is 2.87. The minimum absolute atomic E-state index is 0.202. The van der Waals surface area contributed by atoms with Gasteiger partial charge >= 0.3 is 0 Å². The number of carbonyl (C=O) groups excluding carboxylic acids is 3. The smallest absolute Gasteiger partial charge is 0.275 e. The third-order valence-electron chi connectivity index (χ3n) is 4.52. The summed E-state index contributed by atoms with van der Waals surface area (Å²) in [5.41, 5.74) is 2.35. The average molecular weight is 373 g/mol. The van der Waals surface area contributed by atoms with Crippen molar-refractivity contribution in [2.75, 3.05) is 13.7 Å². The second-order valence-electron chi connectivity index (χ2n) is 6.40. The van der Waals surface area contributed by atoms with Gasteiger partial charge in [0.05, 0.1) is 0 Å². The number of amides is 3. The molecule has 0 aliphatic heterocycles. The van der Waals surface area contributed by atoms with Crippen LogP contribution in [0.4, 0.5) is 0 Å². The summed E-state index contributed by atoms with van der Waals surface area (Å²) >= 11 is 0. The van der Waals surface area contributed by atoms with E-state index in [4.69, 9.17) is 10.3 Å². The maximum Gasteiger partial charge on any atom is 0.275 e. The Balaban J connectivity index is 2.01. The van der Waals surface area contributed by atoms with Gasteiger partial charge in [-0.3, -0.25) is 19.6 Å². The molecule has 0 bridgehead atoms. The van der Waals surface area contributed by atoms with Crippen molar-refractivity contribution >= 4 is 17.7 Å². The number of rotatable bonds is 5. The Morgan fingerprint density at radius 3 is 2.44 bits per heavy atom. The van der Waals surface area contributed by atoms with Crippen LogP contribution in [0.15, 0.2) is 24.3 Å². The number of aliphatic hydroxyl groups is 1. The van der Waals surface area contributed by atoms with E-state index in [0.29, 0.717) is 5.92 Å². The van der Waals surface area contributed by atoms with Gasteiger partial charge in [0.15, 0.2) is 6.04 Å². The second kappa shape index (κ2) is 9.71. The second-order valence-corrected chi connectivity index (χ2v) is 6.40. The van der Waals surface area contributed by atoms with Gasteiger partial charge in [-0.05, 0) is 49.4 Å². The molecule has 8 heteroatoms. The molecule has 1 aromatic rings. The van der Waals surface area contributed by atoms with Crippen LogP contribution in [-0.2, 0) is 9.59 Å². The van der Waals surface area contributed by atoms with Crippen molar-refractivity contribution in [1.29, 1.82) is 0 Å². The summed E-state index contributed by atoms with van der Waals surface area (Å²) in [5, 5.41) is 22.4. The highest BCUT2D eigenvalue weighted by Crippen LogP contribution is 2.29. The largest absolute Gasteiger partial charge is 0.396 e. The third kappa shape index (κ3) is 5.54. The summed E-state index contributed by atoms with van der Waals surface area (Å²) in [6.45, 7) is 0.202. The Kier molecular flexibility index (Phi) is 7.34. The molecule has 1 aromatic carbocycles. The van der Waals surface area contributed by atoms with E-state index in [1.54, 1.807) is 24.3 Å². The molecule has 2 rings (SSSR count). The van der Waals surface area contributed by atoms with Crippen LogP contribution in [0.5, 0.6) is 0 Å². The molecule has 0 saturated heterocycles. The van der Waals surface area contributed by atoms with Gasteiger partial charge in [-0.2, -0.15) is 0 Å². The Labute approximate surface area is 157 Å². The van der Waals surface area contributed by atoms with Gasteiger partial charge in [-0.25, -0.2) is 5.48 Å². The molecular formula is C19H23N3O5. The van der Waals surface area contributed by atoms with Crippen molar-refractivity contribution in [3.8, 4) is 11.8 Å². The normalized spacial score (nSPS) is 19.4. The molecule has 27 heavy (non-hydrogen) atoms. The summed E-state index contributed by atoms with van der Waals surface area (Å²) in [7, 11) is 1.31. The first-order valence-corrected chi connectivity index (χ1v) is 8.67. The van der Waals surface area contributed by atoms with Crippen LogP contribution in [0, 0.1) is 23.7 Å². The number of carbonyl (C=O) groups is 3. The molecule has 3 amide bonds. The number of likely N-dealkylation sites (N-methyl/N-ethyl adjacent to an activating group) is 1. The average Bonchev–Trinajstić information content (AvgIpc) is 3.17. The Bertz CT molecular complexity index is 735. The van der Waals surface area contributed by atoms with Crippen LogP contribution in [0.2, 0.25) is 0 Å². The SMILES string of the molecule is CNC(=O)C(NC(=O)c1ccc(C#CC2CCC(CO)C2)cc1)C(=O)NO. The molecule has 0 spiro atoms. The molecule has 144 valence electrons. The molecular weight excluding hydrogens is 350 g/mol. The maximum atomic E-state index is 12.2. The van der Waals surface area contributed by atoms with Crippen molar-refractivity contribution in [3.63, 3.8) is 0 Å². The minimum atomic E-state index is -1.55. The van der Waals surface area contributed by atoms with E-state index in [1.165, 1.54) is 12.5 Å². The zero-order valence-electron chi connectivity index (χ0n) is 15.0. The molecule has 8 nitrogen and oxygen atoms in total. The molecule has 5 N–H and O–H groups in total. The molecule has 1 saturated carbocycles. The first-order chi connectivity index (χ1) is 13.0. The van der Waals surface area contributed by atoms with Gasteiger partial charge in [0.25, 0.3) is 17.7 Å². The lowest BCUT2D eigenvalue weighted by molar-refractivity contribution is -0.137. The summed E-state index contributed by atoms with van der Waals surface area (Å²) in [5.74, 6) is 4.44. The van der Waals surface area contributed by atoms with Crippen LogP contribution in [0.3, 0.4) is 0 Å². The van der Waals surface area contributed by atoms with Crippen molar-refractivity contribution in [2.45, 2.75) is 25.3 Å². The quantitative estimate of drug-likeness (QED) is 0.211. The van der Waals surface area contributed by atoms with Crippen LogP contribution in [0.1, 0.15) is 35.2 Å². The Morgan fingerprint density at radius 2 is 1.89 bits per heavy atom. The van der Waals surface area contributed by atoms with Gasteiger partial charge in [-0.15, -0.1) is 0 Å². The fourth-order valence-corrected chi connectivity index (χ4v) is 2.94. The van der Waals surface area contributed by atoms with E-state index in [-0.39, 0.29) is 18.1 Å². The first kappa shape index (κ1) is 20.4. The standard InChI is InChI=1S/C19H23N3O5/c1-20-18(25)16(19(26)22-27)21-17(24)15-8-6-12(7-9-15)2-3-13-4-5-14(10-13)11-23/h6-9,13-14,16,23,27H,4-5,10-11H2,1H3,(H,20,25)(H,21,24)(H,22,26). The lowest BCUT2D eigenvalue weighted by Crippen LogP contribution is -2.54. The molecule has 1 fully saturated rings. The molecule has 3 atom stereocenters. The molecule has 0 aromatic heterocycles. The monoisotopic (exact) mass is 373 g/mol. The van der Waals surface area contributed by atoms with Gasteiger partial charge in [0.1, 0.15) is 0 Å². The fourth-order valence-electron chi connectivity index (χ4n) is 2.94. The van der Waals surface area contributed by atoms with E-state index in [1.807, 2.05) is 0 Å². The van der Waals surface area contributed by atoms with Crippen molar-refractivity contribution < 1.29 is 24.7 Å². The van der Waals surface area contributed by atoms with Crippen LogP contribution >= 0.6 is 0 Å². The third-order valence-corrected chi connectivity index (χ3v) is 4.52. The minimum Gasteiger partial charge on any atom is -0.396 e. The highest BCUT2D eigenvalue weighted by Gasteiger charge is 2.27. The van der Waals surface area contributed by atoms with Gasteiger partial charge in [-0.1, -0.05) is 11.8 Å². The number of hydrogen-bond acceptors (Lipinski definition) is 5. The summed E-state index contributed by atoms with van der Waals surface area (Å²) < 4.78 is 0. The molecule has 1 aliphatic carbocycles. The Hall–Kier alpha value is -2.89. The van der Waals surface area contributed by atoms with Gasteiger partial charge in [0, 0.05) is 30.7 Å². The summed E-state index contributed by atoms with van der Waals surface area (Å²) in [6, 6.07) is 4.90. The first-order valence-electron chi connectivity index (χ1n) is 8.67. The van der Waals surface area contributed by atoms with E-state index in [9.17, 15) is 14.4 Å². The molecule has 0 heterocycles. The van der Waals surface area contributed by atoms with Crippen LogP contribution < -0.4 is 16.1 Å². The maximum absolute atomic E-state index is 12.2. The lowest BCUT2D eigenvalue weighted by atomic mass is 10.1. The van der Waals surface area contributed by atoms with E-state index >= 15 is 0 Å². The van der Waals surface area contributed by atoms with Crippen molar-refractivity contribution in [1.82, 2.24) is 16.1 Å². The predicted octanol–water partition coefficient (Wildman–Crippen LogP) is -0.203. The van der Waals surface area contributed by atoms with E-state index in [2.05, 4.69) is 22.5 Å². The highest BCUT2D eigenvalue weighted by molar-refractivity contribution is 6.08. The zero-order chi connectivity index (χ0) is 19.8. The lowest BCUT2D eigenvalue weighted by Gasteiger charge is -2.15. The zero-order valence-corrected chi connectivity index (χ0v) is 15.0. The van der Waals surface area contributed by atoms with E-state index in [0.717, 1.165) is 24.8 Å². The van der Waals surface area contributed by atoms with Crippen molar-refractivity contribution in [2.24, 2.45) is 11.8 Å². The van der Waals surface area contributed by atoms with Gasteiger partial charge in [0.2, 0.25) is 0 Å². The van der Waals surface area contributed by atoms with E-state index < -0.39 is 23.8 Å². The molecule has 0 radical (unpaired) electrons. The topological polar surface area (TPSA) is 128 Å². The van der Waals surface area contributed by atoms with Crippen molar-refractivity contribution in [3.05, 3.63) is 35.4 Å². The number of hydroxylamine groups is 1. The fraction of sp³-hybridized carbons (Fsp3) is 0.421. The number of aliphatic hydroxyl groups excluding tert-OH is 1. The molecule has 1 aliphatic rings.